The maximum Gasteiger partial charge on any atom is 0.0249 e. The van der Waals surface area contributed by atoms with Gasteiger partial charge in [0.05, 0.1) is 0 Å². The normalized spacial score (nSPS) is 24.0. The SMILES string of the molecule is CC1CN(Cc2ccn(C)c2)CCN1. The van der Waals surface area contributed by atoms with Crippen LogP contribution in [0.15, 0.2) is 18.5 Å². The maximum atomic E-state index is 3.46. The smallest absolute Gasteiger partial charge is 0.0249 e. The van der Waals surface area contributed by atoms with Crippen LogP contribution in [0.2, 0.25) is 0 Å². The Hall–Kier alpha value is -0.800. The molecule has 0 bridgehead atoms. The highest BCUT2D eigenvalue weighted by Gasteiger charge is 2.15. The average molecular weight is 193 g/mol. The predicted octanol–water partition coefficient (Wildman–Crippen LogP) is 0.819. The van der Waals surface area contributed by atoms with Gasteiger partial charge in [0, 0.05) is 51.7 Å². The zero-order chi connectivity index (χ0) is 9.97. The molecule has 0 radical (unpaired) electrons. The molecule has 1 atom stereocenters. The standard InChI is InChI=1S/C11H19N3/c1-10-7-14(6-4-12-10)9-11-3-5-13(2)8-11/h3,5,8,10,12H,4,6-7,9H2,1-2H3. The van der Waals surface area contributed by atoms with Crippen molar-refractivity contribution >= 4 is 0 Å². The summed E-state index contributed by atoms with van der Waals surface area (Å²) in [6.45, 7) is 6.78. The van der Waals surface area contributed by atoms with Gasteiger partial charge < -0.3 is 9.88 Å². The van der Waals surface area contributed by atoms with Crippen molar-refractivity contribution in [2.24, 2.45) is 7.05 Å². The van der Waals surface area contributed by atoms with Crippen molar-refractivity contribution < 1.29 is 0 Å². The first kappa shape index (κ1) is 9.74. The number of aromatic nitrogens is 1. The Bertz CT molecular complexity index is 292. The van der Waals surface area contributed by atoms with Gasteiger partial charge >= 0.3 is 0 Å². The number of nitrogens with one attached hydrogen (secondary N) is 1. The third kappa shape index (κ3) is 2.36. The molecule has 1 saturated heterocycles. The topological polar surface area (TPSA) is 20.2 Å². The van der Waals surface area contributed by atoms with Crippen LogP contribution in [0.3, 0.4) is 0 Å². The molecule has 3 nitrogen and oxygen atoms in total. The highest BCUT2D eigenvalue weighted by atomic mass is 15.2. The lowest BCUT2D eigenvalue weighted by Gasteiger charge is -2.31. The Morgan fingerprint density at radius 3 is 3.07 bits per heavy atom. The Morgan fingerprint density at radius 1 is 1.57 bits per heavy atom. The van der Waals surface area contributed by atoms with Crippen molar-refractivity contribution in [2.75, 3.05) is 19.6 Å². The van der Waals surface area contributed by atoms with E-state index >= 15 is 0 Å². The lowest BCUT2D eigenvalue weighted by molar-refractivity contribution is 0.199. The van der Waals surface area contributed by atoms with Crippen molar-refractivity contribution in [3.8, 4) is 0 Å². The van der Waals surface area contributed by atoms with Gasteiger partial charge in [-0.1, -0.05) is 0 Å². The Kier molecular flexibility index (Phi) is 2.89. The summed E-state index contributed by atoms with van der Waals surface area (Å²) >= 11 is 0. The van der Waals surface area contributed by atoms with E-state index in [-0.39, 0.29) is 0 Å². The van der Waals surface area contributed by atoms with E-state index in [4.69, 9.17) is 0 Å². The molecule has 0 amide bonds. The van der Waals surface area contributed by atoms with Gasteiger partial charge in [-0.3, -0.25) is 4.90 Å². The van der Waals surface area contributed by atoms with Crippen LogP contribution in [-0.2, 0) is 13.6 Å². The Labute approximate surface area is 85.7 Å². The zero-order valence-electron chi connectivity index (χ0n) is 9.03. The molecular weight excluding hydrogens is 174 g/mol. The molecule has 0 saturated carbocycles. The van der Waals surface area contributed by atoms with E-state index in [0.717, 1.165) is 19.6 Å². The van der Waals surface area contributed by atoms with Gasteiger partial charge in [0.15, 0.2) is 0 Å². The first-order valence-electron chi connectivity index (χ1n) is 5.30. The molecule has 0 aromatic carbocycles. The minimum atomic E-state index is 0.632. The van der Waals surface area contributed by atoms with E-state index in [1.165, 1.54) is 12.1 Å². The molecule has 1 fully saturated rings. The molecule has 78 valence electrons. The van der Waals surface area contributed by atoms with Crippen LogP contribution in [0.5, 0.6) is 0 Å². The molecule has 1 N–H and O–H groups in total. The number of piperazine rings is 1. The van der Waals surface area contributed by atoms with E-state index < -0.39 is 0 Å². The van der Waals surface area contributed by atoms with E-state index in [0.29, 0.717) is 6.04 Å². The molecule has 2 heterocycles. The molecule has 0 spiro atoms. The lowest BCUT2D eigenvalue weighted by Crippen LogP contribution is -2.48. The fourth-order valence-corrected chi connectivity index (χ4v) is 2.07. The van der Waals surface area contributed by atoms with E-state index in [2.05, 4.69) is 47.2 Å². The summed E-state index contributed by atoms with van der Waals surface area (Å²) < 4.78 is 2.11. The molecule has 1 aliphatic rings. The van der Waals surface area contributed by atoms with Crippen molar-refractivity contribution in [3.63, 3.8) is 0 Å². The van der Waals surface area contributed by atoms with Crippen LogP contribution in [0.25, 0.3) is 0 Å². The third-order valence-electron chi connectivity index (χ3n) is 2.75. The van der Waals surface area contributed by atoms with Gasteiger partial charge in [-0.15, -0.1) is 0 Å². The second-order valence-corrected chi connectivity index (χ2v) is 4.28. The molecule has 1 aliphatic heterocycles. The van der Waals surface area contributed by atoms with Crippen LogP contribution in [-0.4, -0.2) is 35.1 Å². The second kappa shape index (κ2) is 4.15. The highest BCUT2D eigenvalue weighted by Crippen LogP contribution is 2.07. The summed E-state index contributed by atoms with van der Waals surface area (Å²) in [4.78, 5) is 2.51. The molecule has 3 heteroatoms. The first-order valence-corrected chi connectivity index (χ1v) is 5.30. The van der Waals surface area contributed by atoms with Gasteiger partial charge in [-0.2, -0.15) is 0 Å². The minimum absolute atomic E-state index is 0.632. The average Bonchev–Trinajstić information content (AvgIpc) is 2.51. The van der Waals surface area contributed by atoms with Crippen LogP contribution in [0.4, 0.5) is 0 Å². The largest absolute Gasteiger partial charge is 0.357 e. The van der Waals surface area contributed by atoms with Crippen molar-refractivity contribution in [1.29, 1.82) is 0 Å². The Balaban J connectivity index is 1.90. The summed E-state index contributed by atoms with van der Waals surface area (Å²) in [5.74, 6) is 0. The molecule has 1 aromatic heterocycles. The second-order valence-electron chi connectivity index (χ2n) is 4.28. The van der Waals surface area contributed by atoms with Gasteiger partial charge in [0.2, 0.25) is 0 Å². The summed E-state index contributed by atoms with van der Waals surface area (Å²) in [5.41, 5.74) is 1.42. The predicted molar refractivity (Wildman–Crippen MR) is 58.2 cm³/mol. The number of rotatable bonds is 2. The summed E-state index contributed by atoms with van der Waals surface area (Å²) in [6.07, 6.45) is 4.31. The molecule has 1 aromatic rings. The molecule has 0 aliphatic carbocycles. The van der Waals surface area contributed by atoms with E-state index in [1.807, 2.05) is 0 Å². The van der Waals surface area contributed by atoms with Crippen LogP contribution in [0.1, 0.15) is 12.5 Å². The number of hydrogen-bond donors (Lipinski definition) is 1. The fraction of sp³-hybridized carbons (Fsp3) is 0.636. The minimum Gasteiger partial charge on any atom is -0.357 e. The summed E-state index contributed by atoms with van der Waals surface area (Å²) in [5, 5.41) is 3.46. The van der Waals surface area contributed by atoms with Gasteiger partial charge in [0.1, 0.15) is 0 Å². The first-order chi connectivity index (χ1) is 6.74. The molecule has 14 heavy (non-hydrogen) atoms. The van der Waals surface area contributed by atoms with E-state index in [9.17, 15) is 0 Å². The Morgan fingerprint density at radius 2 is 2.43 bits per heavy atom. The van der Waals surface area contributed by atoms with Crippen LogP contribution in [0, 0.1) is 0 Å². The lowest BCUT2D eigenvalue weighted by atomic mass is 10.2. The van der Waals surface area contributed by atoms with Gasteiger partial charge in [-0.05, 0) is 18.6 Å². The van der Waals surface area contributed by atoms with Gasteiger partial charge in [-0.25, -0.2) is 0 Å². The van der Waals surface area contributed by atoms with E-state index in [1.54, 1.807) is 0 Å². The highest BCUT2D eigenvalue weighted by molar-refractivity contribution is 5.09. The van der Waals surface area contributed by atoms with Crippen LogP contribution < -0.4 is 5.32 Å². The van der Waals surface area contributed by atoms with Crippen molar-refractivity contribution in [3.05, 3.63) is 24.0 Å². The van der Waals surface area contributed by atoms with Crippen molar-refractivity contribution in [2.45, 2.75) is 19.5 Å². The number of hydrogen-bond acceptors (Lipinski definition) is 2. The summed E-state index contributed by atoms with van der Waals surface area (Å²) in [6, 6.07) is 2.83. The zero-order valence-corrected chi connectivity index (χ0v) is 9.03. The van der Waals surface area contributed by atoms with Crippen molar-refractivity contribution in [1.82, 2.24) is 14.8 Å². The molecule has 2 rings (SSSR count). The summed E-state index contributed by atoms with van der Waals surface area (Å²) in [7, 11) is 2.07. The number of nitrogens with zero attached hydrogens (tertiary/aromatic N) is 2. The van der Waals surface area contributed by atoms with Gasteiger partial charge in [0.25, 0.3) is 0 Å². The quantitative estimate of drug-likeness (QED) is 0.750. The maximum absolute atomic E-state index is 3.46. The molecule has 1 unspecified atom stereocenters. The van der Waals surface area contributed by atoms with Crippen LogP contribution >= 0.6 is 0 Å². The fourth-order valence-electron chi connectivity index (χ4n) is 2.07. The number of aryl methyl sites for hydroxylation is 1. The third-order valence-corrected chi connectivity index (χ3v) is 2.75. The monoisotopic (exact) mass is 193 g/mol. The molecular formula is C11H19N3.